The zero-order chi connectivity index (χ0) is 15.4. The van der Waals surface area contributed by atoms with Crippen molar-refractivity contribution < 1.29 is 9.47 Å². The first-order valence-corrected chi connectivity index (χ1v) is 5.97. The van der Waals surface area contributed by atoms with Crippen LogP contribution in [-0.2, 0) is 0 Å². The summed E-state index contributed by atoms with van der Waals surface area (Å²) in [4.78, 5) is 13.7. The van der Waals surface area contributed by atoms with Crippen molar-refractivity contribution in [1.82, 2.24) is 15.0 Å². The Morgan fingerprint density at radius 1 is 1.14 bits per heavy atom. The highest BCUT2D eigenvalue weighted by Crippen LogP contribution is 2.26. The highest BCUT2D eigenvalue weighted by molar-refractivity contribution is 5.45. The highest BCUT2D eigenvalue weighted by atomic mass is 16.5. The van der Waals surface area contributed by atoms with E-state index in [1.165, 1.54) is 7.11 Å². The minimum Gasteiger partial charge on any atom is -0.497 e. The maximum Gasteiger partial charge on any atom is 0.328 e. The Labute approximate surface area is 121 Å². The van der Waals surface area contributed by atoms with E-state index in [1.807, 2.05) is 6.07 Å². The van der Waals surface area contributed by atoms with Crippen molar-refractivity contribution in [1.29, 1.82) is 5.26 Å². The van der Waals surface area contributed by atoms with E-state index in [0.717, 1.165) is 0 Å². The van der Waals surface area contributed by atoms with E-state index < -0.39 is 0 Å². The fourth-order valence-corrected chi connectivity index (χ4v) is 1.53. The van der Waals surface area contributed by atoms with Gasteiger partial charge in [-0.05, 0) is 12.1 Å². The van der Waals surface area contributed by atoms with Gasteiger partial charge in [0.15, 0.2) is 0 Å². The van der Waals surface area contributed by atoms with Gasteiger partial charge in [-0.25, -0.2) is 0 Å². The molecule has 0 fully saturated rings. The molecule has 108 valence electrons. The Morgan fingerprint density at radius 3 is 2.48 bits per heavy atom. The summed E-state index contributed by atoms with van der Waals surface area (Å²) < 4.78 is 10.6. The fraction of sp³-hybridized carbons (Fsp3) is 0.231. The summed E-state index contributed by atoms with van der Waals surface area (Å²) in [5, 5.41) is 8.98. The number of ether oxygens (including phenoxy) is 2. The first kappa shape index (κ1) is 14.3. The van der Waals surface area contributed by atoms with Crippen LogP contribution in [0.1, 0.15) is 5.56 Å². The summed E-state index contributed by atoms with van der Waals surface area (Å²) in [6.45, 7) is 0. The van der Waals surface area contributed by atoms with E-state index in [4.69, 9.17) is 20.5 Å². The van der Waals surface area contributed by atoms with Gasteiger partial charge in [-0.3, -0.25) is 0 Å². The van der Waals surface area contributed by atoms with Crippen LogP contribution in [0, 0.1) is 11.3 Å². The Kier molecular flexibility index (Phi) is 4.04. The molecule has 0 radical (unpaired) electrons. The van der Waals surface area contributed by atoms with Crippen LogP contribution in [0.15, 0.2) is 18.2 Å². The highest BCUT2D eigenvalue weighted by Gasteiger charge is 2.10. The van der Waals surface area contributed by atoms with Gasteiger partial charge in [0, 0.05) is 20.2 Å². The standard InChI is InChI=1S/C13H14N6O2/c1-19(2)12-16-11(15)17-13(18-12)21-10-5-8(7-14)4-9(6-10)20-3/h4-6H,1-3H3,(H2,15,16,17,18). The van der Waals surface area contributed by atoms with Crippen molar-refractivity contribution in [2.45, 2.75) is 0 Å². The average Bonchev–Trinajstić information content (AvgIpc) is 2.46. The molecular formula is C13H14N6O2. The predicted octanol–water partition coefficient (Wildman–Crippen LogP) is 1.19. The number of nitrogen functional groups attached to an aromatic ring is 1. The maximum atomic E-state index is 8.98. The lowest BCUT2D eigenvalue weighted by atomic mass is 10.2. The number of nitrogens with zero attached hydrogens (tertiary/aromatic N) is 5. The molecule has 0 amide bonds. The van der Waals surface area contributed by atoms with Gasteiger partial charge >= 0.3 is 6.01 Å². The van der Waals surface area contributed by atoms with Crippen molar-refractivity contribution in [3.8, 4) is 23.6 Å². The molecule has 1 heterocycles. The lowest BCUT2D eigenvalue weighted by Gasteiger charge is -2.12. The third kappa shape index (κ3) is 3.48. The van der Waals surface area contributed by atoms with Crippen molar-refractivity contribution in [2.24, 2.45) is 0 Å². The normalized spacial score (nSPS) is 9.81. The number of hydrogen-bond acceptors (Lipinski definition) is 8. The molecule has 8 heteroatoms. The lowest BCUT2D eigenvalue weighted by molar-refractivity contribution is 0.404. The molecular weight excluding hydrogens is 272 g/mol. The van der Waals surface area contributed by atoms with Crippen LogP contribution < -0.4 is 20.1 Å². The number of benzene rings is 1. The Balaban J connectivity index is 2.36. The van der Waals surface area contributed by atoms with Gasteiger partial charge in [-0.2, -0.15) is 20.2 Å². The van der Waals surface area contributed by atoms with Gasteiger partial charge in [0.2, 0.25) is 11.9 Å². The molecule has 0 spiro atoms. The van der Waals surface area contributed by atoms with Crippen LogP contribution in [0.5, 0.6) is 17.5 Å². The van der Waals surface area contributed by atoms with E-state index in [0.29, 0.717) is 23.0 Å². The summed E-state index contributed by atoms with van der Waals surface area (Å²) in [6, 6.07) is 6.84. The Hall–Kier alpha value is -3.08. The van der Waals surface area contributed by atoms with E-state index in [9.17, 15) is 0 Å². The van der Waals surface area contributed by atoms with Crippen molar-refractivity contribution in [2.75, 3.05) is 31.8 Å². The molecule has 0 saturated heterocycles. The lowest BCUT2D eigenvalue weighted by Crippen LogP contribution is -2.15. The maximum absolute atomic E-state index is 8.98. The largest absolute Gasteiger partial charge is 0.497 e. The molecule has 0 unspecified atom stereocenters. The molecule has 0 atom stereocenters. The van der Waals surface area contributed by atoms with Gasteiger partial charge in [-0.15, -0.1) is 0 Å². The second-order valence-electron chi connectivity index (χ2n) is 4.28. The number of methoxy groups -OCH3 is 1. The molecule has 0 aliphatic heterocycles. The van der Waals surface area contributed by atoms with Gasteiger partial charge in [0.1, 0.15) is 11.5 Å². The molecule has 0 aliphatic rings. The minimum atomic E-state index is 0.0448. The molecule has 2 rings (SSSR count). The molecule has 0 bridgehead atoms. The number of rotatable bonds is 4. The second-order valence-corrected chi connectivity index (χ2v) is 4.28. The molecule has 1 aromatic carbocycles. The molecule has 2 aromatic rings. The van der Waals surface area contributed by atoms with Gasteiger partial charge < -0.3 is 20.1 Å². The summed E-state index contributed by atoms with van der Waals surface area (Å²) >= 11 is 0. The number of nitriles is 1. The molecule has 0 aliphatic carbocycles. The van der Waals surface area contributed by atoms with E-state index in [-0.39, 0.29) is 12.0 Å². The third-order valence-corrected chi connectivity index (χ3v) is 2.47. The SMILES string of the molecule is COc1cc(C#N)cc(Oc2nc(N)nc(N(C)C)n2)c1. The molecule has 2 N–H and O–H groups in total. The van der Waals surface area contributed by atoms with Crippen LogP contribution in [-0.4, -0.2) is 36.2 Å². The molecule has 8 nitrogen and oxygen atoms in total. The van der Waals surface area contributed by atoms with Crippen LogP contribution in [0.3, 0.4) is 0 Å². The fourth-order valence-electron chi connectivity index (χ4n) is 1.53. The predicted molar refractivity (Wildman–Crippen MR) is 76.3 cm³/mol. The topological polar surface area (TPSA) is 110 Å². The van der Waals surface area contributed by atoms with Crippen LogP contribution >= 0.6 is 0 Å². The Bertz CT molecular complexity index is 696. The van der Waals surface area contributed by atoms with Gasteiger partial charge in [0.25, 0.3) is 0 Å². The monoisotopic (exact) mass is 286 g/mol. The summed E-state index contributed by atoms with van der Waals surface area (Å²) in [7, 11) is 5.06. The molecule has 21 heavy (non-hydrogen) atoms. The zero-order valence-electron chi connectivity index (χ0n) is 11.9. The summed E-state index contributed by atoms with van der Waals surface area (Å²) in [5.74, 6) is 1.30. The van der Waals surface area contributed by atoms with Crippen molar-refractivity contribution >= 4 is 11.9 Å². The quantitative estimate of drug-likeness (QED) is 0.892. The van der Waals surface area contributed by atoms with E-state index in [1.54, 1.807) is 37.2 Å². The van der Waals surface area contributed by atoms with E-state index >= 15 is 0 Å². The number of hydrogen-bond donors (Lipinski definition) is 1. The first-order chi connectivity index (χ1) is 10.0. The van der Waals surface area contributed by atoms with Crippen LogP contribution in [0.25, 0.3) is 0 Å². The second kappa shape index (κ2) is 5.92. The molecule has 0 saturated carbocycles. The summed E-state index contributed by atoms with van der Waals surface area (Å²) in [5.41, 5.74) is 6.02. The van der Waals surface area contributed by atoms with Crippen molar-refractivity contribution in [3.63, 3.8) is 0 Å². The smallest absolute Gasteiger partial charge is 0.328 e. The van der Waals surface area contributed by atoms with E-state index in [2.05, 4.69) is 15.0 Å². The number of aromatic nitrogens is 3. The first-order valence-electron chi connectivity index (χ1n) is 5.97. The molecule has 1 aromatic heterocycles. The van der Waals surface area contributed by atoms with Crippen molar-refractivity contribution in [3.05, 3.63) is 23.8 Å². The Morgan fingerprint density at radius 2 is 1.86 bits per heavy atom. The summed E-state index contributed by atoms with van der Waals surface area (Å²) in [6.07, 6.45) is 0. The number of anilines is 2. The zero-order valence-corrected chi connectivity index (χ0v) is 11.9. The van der Waals surface area contributed by atoms with Gasteiger partial charge in [0.05, 0.1) is 18.7 Å². The van der Waals surface area contributed by atoms with Crippen LogP contribution in [0.2, 0.25) is 0 Å². The average molecular weight is 286 g/mol. The number of nitrogens with two attached hydrogens (primary N) is 1. The van der Waals surface area contributed by atoms with Crippen LogP contribution in [0.4, 0.5) is 11.9 Å². The minimum absolute atomic E-state index is 0.0448. The third-order valence-electron chi connectivity index (χ3n) is 2.47. The van der Waals surface area contributed by atoms with Gasteiger partial charge in [-0.1, -0.05) is 0 Å².